The number of para-hydroxylation sites is 2. The minimum absolute atomic E-state index is 0. The van der Waals surface area contributed by atoms with E-state index in [1.807, 2.05) is 18.2 Å². The van der Waals surface area contributed by atoms with Crippen molar-refractivity contribution in [1.29, 1.82) is 0 Å². The molecule has 3 rings (SSSR count). The van der Waals surface area contributed by atoms with Gasteiger partial charge in [-0.25, -0.2) is 4.98 Å². The zero-order valence-electron chi connectivity index (χ0n) is 16.3. The second kappa shape index (κ2) is 12.2. The molecule has 0 aliphatic carbocycles. The van der Waals surface area contributed by atoms with E-state index in [0.29, 0.717) is 0 Å². The summed E-state index contributed by atoms with van der Waals surface area (Å²) in [5.74, 6) is 1.97. The van der Waals surface area contributed by atoms with Crippen molar-refractivity contribution in [3.8, 4) is 0 Å². The molecule has 1 fully saturated rings. The summed E-state index contributed by atoms with van der Waals surface area (Å²) in [7, 11) is 0. The number of guanidine groups is 1. The lowest BCUT2D eigenvalue weighted by Crippen LogP contribution is -2.42. The smallest absolute Gasteiger partial charge is 0.191 e. The van der Waals surface area contributed by atoms with Crippen LogP contribution in [0.15, 0.2) is 29.3 Å². The van der Waals surface area contributed by atoms with Crippen LogP contribution in [0.1, 0.15) is 38.4 Å². The molecule has 3 N–H and O–H groups in total. The number of nitrogens with one attached hydrogen (secondary N) is 3. The van der Waals surface area contributed by atoms with Gasteiger partial charge in [0, 0.05) is 32.6 Å². The molecule has 0 saturated carbocycles. The van der Waals surface area contributed by atoms with Gasteiger partial charge in [0.05, 0.1) is 11.0 Å². The largest absolute Gasteiger partial charge is 0.357 e. The van der Waals surface area contributed by atoms with Crippen molar-refractivity contribution >= 4 is 41.0 Å². The molecule has 1 aromatic carbocycles. The first-order valence-electron chi connectivity index (χ1n) is 10.0. The van der Waals surface area contributed by atoms with E-state index in [-0.39, 0.29) is 24.0 Å². The Bertz CT molecular complexity index is 660. The maximum atomic E-state index is 4.70. The number of hydrogen-bond donors (Lipinski definition) is 3. The van der Waals surface area contributed by atoms with E-state index < -0.39 is 0 Å². The molecule has 2 heterocycles. The fraction of sp³-hybridized carbons (Fsp3) is 0.600. The van der Waals surface area contributed by atoms with Gasteiger partial charge in [-0.15, -0.1) is 24.0 Å². The van der Waals surface area contributed by atoms with E-state index in [9.17, 15) is 0 Å². The lowest BCUT2D eigenvalue weighted by Gasteiger charge is -2.26. The van der Waals surface area contributed by atoms with Gasteiger partial charge in [0.2, 0.25) is 0 Å². The van der Waals surface area contributed by atoms with Gasteiger partial charge in [-0.2, -0.15) is 0 Å². The highest BCUT2D eigenvalue weighted by atomic mass is 127. The number of aliphatic imine (C=N–C) groups is 1. The average Bonchev–Trinajstić information content (AvgIpc) is 3.09. The first kappa shape index (κ1) is 21.9. The first-order chi connectivity index (χ1) is 12.8. The quantitative estimate of drug-likeness (QED) is 0.233. The molecule has 1 aromatic heterocycles. The number of benzene rings is 1. The monoisotopic (exact) mass is 484 g/mol. The summed E-state index contributed by atoms with van der Waals surface area (Å²) in [5, 5.41) is 6.80. The Morgan fingerprint density at radius 2 is 2.00 bits per heavy atom. The Labute approximate surface area is 179 Å². The molecule has 2 aromatic rings. The van der Waals surface area contributed by atoms with E-state index in [4.69, 9.17) is 4.99 Å². The number of hydrogen-bond acceptors (Lipinski definition) is 3. The molecule has 7 heteroatoms. The number of piperidine rings is 1. The Kier molecular flexibility index (Phi) is 9.90. The average molecular weight is 484 g/mol. The Morgan fingerprint density at radius 1 is 1.19 bits per heavy atom. The molecular formula is C20H33IN6. The van der Waals surface area contributed by atoms with Gasteiger partial charge in [0.15, 0.2) is 5.96 Å². The number of aromatic amines is 1. The fourth-order valence-electron chi connectivity index (χ4n) is 3.42. The number of halogens is 1. The molecule has 0 atom stereocenters. The van der Waals surface area contributed by atoms with Crippen molar-refractivity contribution in [2.45, 2.75) is 39.0 Å². The molecule has 0 bridgehead atoms. The van der Waals surface area contributed by atoms with Crippen LogP contribution in [0.3, 0.4) is 0 Å². The molecule has 0 amide bonds. The zero-order valence-corrected chi connectivity index (χ0v) is 18.7. The van der Waals surface area contributed by atoms with Crippen LogP contribution in [-0.4, -0.2) is 60.1 Å². The van der Waals surface area contributed by atoms with E-state index >= 15 is 0 Å². The van der Waals surface area contributed by atoms with Crippen LogP contribution < -0.4 is 10.6 Å². The SMILES string of the molecule is CCNC(=NCCCc1nc2ccccc2[nH]1)NCCN1CCCCC1.I. The number of nitrogens with zero attached hydrogens (tertiary/aromatic N) is 3. The molecule has 1 aliphatic heterocycles. The van der Waals surface area contributed by atoms with Crippen LogP contribution in [0.4, 0.5) is 0 Å². The second-order valence-electron chi connectivity index (χ2n) is 6.89. The number of likely N-dealkylation sites (tertiary alicyclic amines) is 1. The van der Waals surface area contributed by atoms with Gasteiger partial charge in [-0.05, 0) is 51.4 Å². The molecule has 0 radical (unpaired) electrons. The van der Waals surface area contributed by atoms with E-state index in [2.05, 4.69) is 38.5 Å². The summed E-state index contributed by atoms with van der Waals surface area (Å²) in [6.07, 6.45) is 5.99. The Morgan fingerprint density at radius 3 is 2.78 bits per heavy atom. The molecule has 0 unspecified atom stereocenters. The number of aromatic nitrogens is 2. The number of H-pyrrole nitrogens is 1. The summed E-state index contributed by atoms with van der Waals surface area (Å²) in [6.45, 7) is 8.34. The van der Waals surface area contributed by atoms with Crippen LogP contribution in [0.5, 0.6) is 0 Å². The van der Waals surface area contributed by atoms with Gasteiger partial charge in [-0.1, -0.05) is 18.6 Å². The maximum Gasteiger partial charge on any atom is 0.191 e. The second-order valence-corrected chi connectivity index (χ2v) is 6.89. The minimum atomic E-state index is 0. The topological polar surface area (TPSA) is 68.3 Å². The Balaban J connectivity index is 0.00000261. The maximum absolute atomic E-state index is 4.70. The number of imidazole rings is 1. The van der Waals surface area contributed by atoms with Crippen LogP contribution in [0.25, 0.3) is 11.0 Å². The summed E-state index contributed by atoms with van der Waals surface area (Å²) < 4.78 is 0. The molecule has 1 aliphatic rings. The molecule has 1 saturated heterocycles. The van der Waals surface area contributed by atoms with Gasteiger partial charge >= 0.3 is 0 Å². The predicted octanol–water partition coefficient (Wildman–Crippen LogP) is 3.15. The number of fused-ring (bicyclic) bond motifs is 1. The summed E-state index contributed by atoms with van der Waals surface area (Å²) >= 11 is 0. The normalized spacial score (nSPS) is 15.5. The van der Waals surface area contributed by atoms with E-state index in [1.54, 1.807) is 0 Å². The third kappa shape index (κ3) is 7.29. The van der Waals surface area contributed by atoms with E-state index in [0.717, 1.165) is 61.8 Å². The van der Waals surface area contributed by atoms with Crippen molar-refractivity contribution < 1.29 is 0 Å². The predicted molar refractivity (Wildman–Crippen MR) is 124 cm³/mol. The highest BCUT2D eigenvalue weighted by molar-refractivity contribution is 14.0. The van der Waals surface area contributed by atoms with Crippen molar-refractivity contribution in [1.82, 2.24) is 25.5 Å². The summed E-state index contributed by atoms with van der Waals surface area (Å²) in [4.78, 5) is 15.3. The van der Waals surface area contributed by atoms with Crippen LogP contribution in [0, 0.1) is 0 Å². The van der Waals surface area contributed by atoms with Gasteiger partial charge in [0.1, 0.15) is 5.82 Å². The molecular weight excluding hydrogens is 451 g/mol. The van der Waals surface area contributed by atoms with Crippen molar-refractivity contribution in [2.24, 2.45) is 4.99 Å². The van der Waals surface area contributed by atoms with Crippen LogP contribution in [0.2, 0.25) is 0 Å². The van der Waals surface area contributed by atoms with Crippen LogP contribution in [-0.2, 0) is 6.42 Å². The highest BCUT2D eigenvalue weighted by Crippen LogP contribution is 2.11. The lowest BCUT2D eigenvalue weighted by molar-refractivity contribution is 0.232. The van der Waals surface area contributed by atoms with Gasteiger partial charge in [0.25, 0.3) is 0 Å². The van der Waals surface area contributed by atoms with E-state index in [1.165, 1.54) is 32.4 Å². The summed E-state index contributed by atoms with van der Waals surface area (Å²) in [6, 6.07) is 8.17. The number of aryl methyl sites for hydroxylation is 1. The standard InChI is InChI=1S/C20H32N6.HI/c1-2-21-20(23-13-16-26-14-6-3-7-15-26)22-12-8-11-19-24-17-9-4-5-10-18(17)25-19;/h4-5,9-10H,2-3,6-8,11-16H2,1H3,(H,24,25)(H2,21,22,23);1H. The fourth-order valence-corrected chi connectivity index (χ4v) is 3.42. The molecule has 150 valence electrons. The lowest BCUT2D eigenvalue weighted by atomic mass is 10.1. The molecule has 27 heavy (non-hydrogen) atoms. The molecule has 0 spiro atoms. The highest BCUT2D eigenvalue weighted by Gasteiger charge is 2.09. The van der Waals surface area contributed by atoms with Crippen molar-refractivity contribution in [3.05, 3.63) is 30.1 Å². The van der Waals surface area contributed by atoms with Crippen LogP contribution >= 0.6 is 24.0 Å². The third-order valence-corrected chi connectivity index (χ3v) is 4.79. The zero-order chi connectivity index (χ0) is 18.0. The minimum Gasteiger partial charge on any atom is -0.357 e. The summed E-state index contributed by atoms with van der Waals surface area (Å²) in [5.41, 5.74) is 2.15. The van der Waals surface area contributed by atoms with Crippen molar-refractivity contribution in [2.75, 3.05) is 39.3 Å². The molecule has 6 nitrogen and oxygen atoms in total. The van der Waals surface area contributed by atoms with Gasteiger partial charge < -0.3 is 20.5 Å². The third-order valence-electron chi connectivity index (χ3n) is 4.79. The van der Waals surface area contributed by atoms with Gasteiger partial charge in [-0.3, -0.25) is 4.99 Å². The Hall–Kier alpha value is -1.35. The first-order valence-corrected chi connectivity index (χ1v) is 10.0. The number of rotatable bonds is 8. The van der Waals surface area contributed by atoms with Crippen molar-refractivity contribution in [3.63, 3.8) is 0 Å².